The fourth-order valence-electron chi connectivity index (χ4n) is 11.1. The molecule has 0 heterocycles. The summed E-state index contributed by atoms with van der Waals surface area (Å²) in [5, 5.41) is 72.4. The molecule has 0 spiro atoms. The van der Waals surface area contributed by atoms with Gasteiger partial charge < -0.3 is 0 Å². The predicted molar refractivity (Wildman–Crippen MR) is 288 cm³/mol. The first-order valence-electron chi connectivity index (χ1n) is 22.8. The van der Waals surface area contributed by atoms with Crippen molar-refractivity contribution in [3.8, 4) is 0 Å². The average Bonchev–Trinajstić information content (AvgIpc) is 0.666. The Labute approximate surface area is 478 Å². The van der Waals surface area contributed by atoms with Crippen molar-refractivity contribution < 1.29 is 93.0 Å². The molecule has 0 radical (unpaired) electrons. The summed E-state index contributed by atoms with van der Waals surface area (Å²) in [6, 6.07) is 3.60. The zero-order valence-corrected chi connectivity index (χ0v) is 48.4. The van der Waals surface area contributed by atoms with Crippen molar-refractivity contribution in [1.82, 2.24) is 0 Å². The molecule has 1 N–H and O–H groups in total. The first-order valence-corrected chi connectivity index (χ1v) is 33.2. The van der Waals surface area contributed by atoms with Gasteiger partial charge in [0.1, 0.15) is 4.75 Å². The van der Waals surface area contributed by atoms with E-state index in [0.717, 1.165) is 0 Å². The Hall–Kier alpha value is -8.67. The smallest absolute Gasteiger partial charge is 0.284 e. The highest BCUT2D eigenvalue weighted by molar-refractivity contribution is 8.18. The Kier molecular flexibility index (Phi) is 15.4. The quantitative estimate of drug-likeness (QED) is 0.0598. The lowest BCUT2D eigenvalue weighted by atomic mass is 9.69. The summed E-state index contributed by atoms with van der Waals surface area (Å²) in [6.07, 6.45) is -2.92. The molecule has 0 bridgehead atoms. The third kappa shape index (κ3) is 8.66. The van der Waals surface area contributed by atoms with Gasteiger partial charge in [0, 0.05) is 78.2 Å². The topological polar surface area (TPSA) is 518 Å². The van der Waals surface area contributed by atoms with E-state index in [4.69, 9.17) is 0 Å². The number of sulfone groups is 6. The van der Waals surface area contributed by atoms with Crippen LogP contribution in [-0.4, -0.2) is 110 Å². The molecule has 1 aliphatic rings. The number of nitro benzene ring substituents is 6. The summed E-state index contributed by atoms with van der Waals surface area (Å²) in [5.74, 6) is 0. The minimum atomic E-state index is -7.85. The van der Waals surface area contributed by atoms with E-state index in [1.807, 2.05) is 0 Å². The van der Waals surface area contributed by atoms with E-state index in [1.54, 1.807) is 0 Å². The normalized spacial score (nSPS) is 19.0. The molecule has 1 aliphatic carbocycles. The van der Waals surface area contributed by atoms with Gasteiger partial charge in [-0.1, -0.05) is 13.8 Å². The summed E-state index contributed by atoms with van der Waals surface area (Å²) in [6.45, 7) is -0.0307. The summed E-state index contributed by atoms with van der Waals surface area (Å²) in [7, 11) is -52.9. The molecule has 40 heteroatoms. The Morgan fingerprint density at radius 3 is 0.671 bits per heavy atom. The van der Waals surface area contributed by atoms with Gasteiger partial charge in [-0.25, -0.2) is 50.5 Å². The third-order valence-corrected chi connectivity index (χ3v) is 35.4. The van der Waals surface area contributed by atoms with Gasteiger partial charge in [-0.2, -0.15) is 8.42 Å². The van der Waals surface area contributed by atoms with Crippen LogP contribution in [0.4, 0.5) is 34.1 Å². The van der Waals surface area contributed by atoms with Crippen LogP contribution in [0, 0.1) is 66.1 Å². The molecular formula is C45H36N6O27S7. The van der Waals surface area contributed by atoms with Crippen LogP contribution in [0.5, 0.6) is 0 Å². The van der Waals surface area contributed by atoms with E-state index < -0.39 is 198 Å². The molecule has 2 unspecified atom stereocenters. The highest BCUT2D eigenvalue weighted by Crippen LogP contribution is 2.75. The molecule has 1 saturated carbocycles. The maximum absolute atomic E-state index is 17.3. The van der Waals surface area contributed by atoms with Crippen molar-refractivity contribution in [2.45, 2.75) is 73.5 Å². The lowest BCUT2D eigenvalue weighted by Gasteiger charge is -2.67. The Morgan fingerprint density at radius 2 is 0.482 bits per heavy atom. The predicted octanol–water partition coefficient (Wildman–Crippen LogP) is 5.44. The lowest BCUT2D eigenvalue weighted by molar-refractivity contribution is -0.385. The van der Waals surface area contributed by atoms with E-state index in [0.29, 0.717) is 24.3 Å². The van der Waals surface area contributed by atoms with Crippen molar-refractivity contribution in [3.63, 3.8) is 0 Å². The molecule has 1 fully saturated rings. The van der Waals surface area contributed by atoms with Crippen LogP contribution < -0.4 is 0 Å². The summed E-state index contributed by atoms with van der Waals surface area (Å²) >= 11 is 0. The van der Waals surface area contributed by atoms with Gasteiger partial charge in [0.15, 0.2) is 9.84 Å². The molecule has 85 heavy (non-hydrogen) atoms. The maximum Gasteiger partial charge on any atom is 0.288 e. The highest BCUT2D eigenvalue weighted by atomic mass is 32.3. The molecule has 7 rings (SSSR count). The van der Waals surface area contributed by atoms with Crippen LogP contribution in [0.15, 0.2) is 175 Å². The van der Waals surface area contributed by atoms with Crippen molar-refractivity contribution in [2.24, 2.45) is 5.41 Å². The van der Waals surface area contributed by atoms with Crippen LogP contribution >= 0.6 is 0 Å². The van der Waals surface area contributed by atoms with Crippen LogP contribution in [0.25, 0.3) is 0 Å². The Bertz CT molecular complexity index is 4530. The van der Waals surface area contributed by atoms with Gasteiger partial charge in [0.05, 0.1) is 58.9 Å². The van der Waals surface area contributed by atoms with Crippen molar-refractivity contribution in [2.75, 3.05) is 0 Å². The molecule has 0 amide bonds. The van der Waals surface area contributed by atoms with Gasteiger partial charge in [-0.05, 0) is 86.1 Å². The lowest BCUT2D eigenvalue weighted by Crippen LogP contribution is -2.92. The van der Waals surface area contributed by atoms with Crippen molar-refractivity contribution in [3.05, 3.63) is 206 Å². The third-order valence-electron chi connectivity index (χ3n) is 14.4. The maximum atomic E-state index is 17.3. The highest BCUT2D eigenvalue weighted by Gasteiger charge is 2.99. The van der Waals surface area contributed by atoms with Gasteiger partial charge in [0.25, 0.3) is 44.2 Å². The molecule has 0 aliphatic heterocycles. The second-order valence-electron chi connectivity index (χ2n) is 19.1. The first-order chi connectivity index (χ1) is 38.9. The number of hydrogen-bond donors (Lipinski definition) is 1. The second-order valence-corrected chi connectivity index (χ2v) is 34.3. The Balaban J connectivity index is 2.06. The minimum absolute atomic E-state index is 0.0240. The van der Waals surface area contributed by atoms with Crippen LogP contribution in [0.1, 0.15) is 27.2 Å². The molecule has 33 nitrogen and oxygen atoms in total. The van der Waals surface area contributed by atoms with E-state index in [1.165, 1.54) is 0 Å². The van der Waals surface area contributed by atoms with Crippen molar-refractivity contribution >= 4 is 103 Å². The fourth-order valence-corrected chi connectivity index (χ4v) is 35.3. The van der Waals surface area contributed by atoms with E-state index in [2.05, 4.69) is 0 Å². The van der Waals surface area contributed by atoms with E-state index in [-0.39, 0.29) is 135 Å². The number of nitro groups is 6. The largest absolute Gasteiger partial charge is 0.288 e. The molecule has 6 aromatic carbocycles. The standard InChI is InChI=1S/C45H36N6O27S7/c1-41(2)28-43(85(76,77)78,80(66,67)36-18-6-30(7-19-36)47(54)55)45(83(72,73)39-24-12-33(13-25-39)50(60)61,84(74,75)40-26-14-34(15-27-40)51(62)63)42(3,79(64,65)35-16-4-29(5-17-35)46(52)53)44(41,81(68,69)37-20-8-31(9-21-37)48(56)57)82(70,71)38-22-10-32(11-23-38)49(58)59/h4-27H,28H2,1-3H3,(H,76,77,78). The SMILES string of the molecule is CC1(C)CC(S(=O)(=O)O)(S(=O)(=O)c2ccc([N+](=O)[O-])cc2)C(S(=O)(=O)c2ccc([N+](=O)[O-])cc2)(S(=O)(=O)c2ccc([N+](=O)[O-])cc2)C(C)(S(=O)(=O)c2ccc([N+](=O)[O-])cc2)C1(S(=O)(=O)c1ccc([N+](=O)[O-])cc1)S(=O)(=O)c1ccc([N+](=O)[O-])cc1. The van der Waals surface area contributed by atoms with E-state index >= 15 is 58.9 Å². The molecule has 0 saturated heterocycles. The van der Waals surface area contributed by atoms with Gasteiger partial charge in [0.2, 0.25) is 61.4 Å². The second kappa shape index (κ2) is 20.5. The molecule has 450 valence electrons. The monoisotopic (exact) mass is 1320 g/mol. The number of hydrogen-bond acceptors (Lipinski definition) is 26. The molecule has 2 atom stereocenters. The zero-order chi connectivity index (χ0) is 64.1. The van der Waals surface area contributed by atoms with E-state index in [9.17, 15) is 65.2 Å². The summed E-state index contributed by atoms with van der Waals surface area (Å²) < 4.78 is 225. The number of nitrogens with zero attached hydrogens (tertiary/aromatic N) is 6. The van der Waals surface area contributed by atoms with Crippen LogP contribution in [-0.2, 0) is 69.1 Å². The molecule has 6 aromatic rings. The molecule has 0 aromatic heterocycles. The fraction of sp³-hybridized carbons (Fsp3) is 0.200. The van der Waals surface area contributed by atoms with Crippen LogP contribution in [0.3, 0.4) is 0 Å². The summed E-state index contributed by atoms with van der Waals surface area (Å²) in [4.78, 5) is 53.8. The number of rotatable bonds is 19. The minimum Gasteiger partial charge on any atom is -0.284 e. The average molecular weight is 1320 g/mol. The summed E-state index contributed by atoms with van der Waals surface area (Å²) in [5.41, 5.74) is -10.8. The van der Waals surface area contributed by atoms with Gasteiger partial charge >= 0.3 is 0 Å². The van der Waals surface area contributed by atoms with Crippen molar-refractivity contribution in [1.29, 1.82) is 0 Å². The van der Waals surface area contributed by atoms with Crippen LogP contribution in [0.2, 0.25) is 0 Å². The first kappa shape index (κ1) is 63.9. The molecular weight excluding hydrogens is 1280 g/mol. The van der Waals surface area contributed by atoms with Gasteiger partial charge in [-0.15, -0.1) is 0 Å². The number of non-ortho nitro benzene ring substituents is 6. The van der Waals surface area contributed by atoms with Gasteiger partial charge in [-0.3, -0.25) is 65.2 Å². The number of benzene rings is 6. The Morgan fingerprint density at radius 1 is 0.306 bits per heavy atom. The zero-order valence-electron chi connectivity index (χ0n) is 42.7.